The zero-order valence-electron chi connectivity index (χ0n) is 14.2. The van der Waals surface area contributed by atoms with Crippen molar-refractivity contribution in [1.29, 1.82) is 0 Å². The Morgan fingerprint density at radius 1 is 0.923 bits per heavy atom. The number of hydrogen-bond donors (Lipinski definition) is 2. The van der Waals surface area contributed by atoms with Crippen molar-refractivity contribution in [2.75, 3.05) is 17.1 Å². The monoisotopic (exact) mass is 366 g/mol. The van der Waals surface area contributed by atoms with E-state index in [-0.39, 0.29) is 4.90 Å². The van der Waals surface area contributed by atoms with E-state index in [4.69, 9.17) is 4.74 Å². The van der Waals surface area contributed by atoms with Gasteiger partial charge in [-0.15, -0.1) is 0 Å². The van der Waals surface area contributed by atoms with Crippen LogP contribution in [0.1, 0.15) is 11.1 Å². The molecule has 0 atom stereocenters. The molecule has 0 saturated heterocycles. The number of hydrogen-bond acceptors (Lipinski definition) is 4. The van der Waals surface area contributed by atoms with E-state index in [9.17, 15) is 8.42 Å². The average Bonchev–Trinajstić information content (AvgIpc) is 2.66. The number of methoxy groups -OCH3 is 1. The van der Waals surface area contributed by atoms with E-state index in [0.717, 1.165) is 23.4 Å². The van der Waals surface area contributed by atoms with Crippen molar-refractivity contribution in [3.05, 3.63) is 77.9 Å². The van der Waals surface area contributed by atoms with Crippen LogP contribution in [0.4, 0.5) is 17.1 Å². The number of rotatable bonds is 4. The third-order valence-electron chi connectivity index (χ3n) is 4.42. The normalized spacial score (nSPS) is 12.5. The summed E-state index contributed by atoms with van der Waals surface area (Å²) in [7, 11) is -2.15. The van der Waals surface area contributed by atoms with Gasteiger partial charge in [0.2, 0.25) is 0 Å². The molecular formula is C20H18N2O3S. The zero-order chi connectivity index (χ0) is 18.1. The lowest BCUT2D eigenvalue weighted by Gasteiger charge is -2.24. The number of anilines is 3. The molecule has 26 heavy (non-hydrogen) atoms. The molecule has 3 aromatic rings. The van der Waals surface area contributed by atoms with Gasteiger partial charge in [0.05, 0.1) is 23.4 Å². The maximum Gasteiger partial charge on any atom is 0.261 e. The number of nitrogens with one attached hydrogen (secondary N) is 2. The van der Waals surface area contributed by atoms with Crippen molar-refractivity contribution < 1.29 is 13.2 Å². The number of ether oxygens (including phenoxy) is 1. The highest BCUT2D eigenvalue weighted by molar-refractivity contribution is 7.92. The maximum absolute atomic E-state index is 12.8. The van der Waals surface area contributed by atoms with Gasteiger partial charge in [-0.2, -0.15) is 0 Å². The van der Waals surface area contributed by atoms with Crippen molar-refractivity contribution in [2.24, 2.45) is 0 Å². The molecule has 1 aliphatic heterocycles. The summed E-state index contributed by atoms with van der Waals surface area (Å²) in [5, 5.41) is 3.35. The molecule has 0 bridgehead atoms. The summed E-state index contributed by atoms with van der Waals surface area (Å²) >= 11 is 0. The Balaban J connectivity index is 1.67. The highest BCUT2D eigenvalue weighted by Crippen LogP contribution is 2.38. The van der Waals surface area contributed by atoms with Gasteiger partial charge in [0.1, 0.15) is 5.75 Å². The van der Waals surface area contributed by atoms with Crippen molar-refractivity contribution >= 4 is 27.1 Å². The molecule has 0 fully saturated rings. The van der Waals surface area contributed by atoms with E-state index >= 15 is 0 Å². The third kappa shape index (κ3) is 2.99. The summed E-state index contributed by atoms with van der Waals surface area (Å²) in [4.78, 5) is 0.187. The SMILES string of the molecule is COc1ccc(S(=O)(=O)Nc2cccc3c2Nc2ccccc2C3)cc1. The molecule has 5 nitrogen and oxygen atoms in total. The quantitative estimate of drug-likeness (QED) is 0.569. The molecule has 0 aromatic heterocycles. The van der Waals surface area contributed by atoms with Gasteiger partial charge in [-0.3, -0.25) is 4.72 Å². The van der Waals surface area contributed by atoms with Crippen molar-refractivity contribution in [3.63, 3.8) is 0 Å². The van der Waals surface area contributed by atoms with Crippen LogP contribution in [0.5, 0.6) is 5.75 Å². The summed E-state index contributed by atoms with van der Waals surface area (Å²) in [6, 6.07) is 20.0. The zero-order valence-corrected chi connectivity index (χ0v) is 15.0. The van der Waals surface area contributed by atoms with E-state index in [1.807, 2.05) is 30.3 Å². The summed E-state index contributed by atoms with van der Waals surface area (Å²) in [5.74, 6) is 0.610. The Morgan fingerprint density at radius 3 is 2.42 bits per heavy atom. The fourth-order valence-corrected chi connectivity index (χ4v) is 4.15. The first-order valence-corrected chi connectivity index (χ1v) is 9.69. The highest BCUT2D eigenvalue weighted by Gasteiger charge is 2.21. The van der Waals surface area contributed by atoms with Gasteiger partial charge in [-0.1, -0.05) is 30.3 Å². The molecule has 2 N–H and O–H groups in total. The summed E-state index contributed by atoms with van der Waals surface area (Å²) < 4.78 is 33.3. The maximum atomic E-state index is 12.8. The predicted octanol–water partition coefficient (Wildman–Crippen LogP) is 4.14. The van der Waals surface area contributed by atoms with Crippen molar-refractivity contribution in [2.45, 2.75) is 11.3 Å². The molecular weight excluding hydrogens is 348 g/mol. The average molecular weight is 366 g/mol. The van der Waals surface area contributed by atoms with E-state index in [1.54, 1.807) is 25.3 Å². The molecule has 3 aromatic carbocycles. The first kappa shape index (κ1) is 16.5. The van der Waals surface area contributed by atoms with Crippen LogP contribution in [-0.2, 0) is 16.4 Å². The van der Waals surface area contributed by atoms with Crippen LogP contribution < -0.4 is 14.8 Å². The summed E-state index contributed by atoms with van der Waals surface area (Å²) in [6.45, 7) is 0. The first-order valence-electron chi connectivity index (χ1n) is 8.20. The number of benzene rings is 3. The Morgan fingerprint density at radius 2 is 1.65 bits per heavy atom. The second-order valence-corrected chi connectivity index (χ2v) is 7.76. The lowest BCUT2D eigenvalue weighted by atomic mass is 9.97. The minimum absolute atomic E-state index is 0.187. The predicted molar refractivity (Wildman–Crippen MR) is 103 cm³/mol. The molecule has 0 amide bonds. The standard InChI is InChI=1S/C20H18N2O3S/c1-25-16-9-11-17(12-10-16)26(23,24)22-19-8-4-6-15-13-14-5-2-3-7-18(14)21-20(15)19/h2-12,21-22H,13H2,1H3. The molecule has 0 aliphatic carbocycles. The summed E-state index contributed by atoms with van der Waals surface area (Å²) in [6.07, 6.45) is 0.761. The topological polar surface area (TPSA) is 67.4 Å². The van der Waals surface area contributed by atoms with Crippen LogP contribution in [0, 0.1) is 0 Å². The smallest absolute Gasteiger partial charge is 0.261 e. The highest BCUT2D eigenvalue weighted by atomic mass is 32.2. The van der Waals surface area contributed by atoms with Gasteiger partial charge in [-0.25, -0.2) is 8.42 Å². The molecule has 0 unspecified atom stereocenters. The molecule has 0 radical (unpaired) electrons. The Kier molecular flexibility index (Phi) is 4.05. The largest absolute Gasteiger partial charge is 0.497 e. The molecule has 6 heteroatoms. The lowest BCUT2D eigenvalue weighted by Crippen LogP contribution is -2.16. The van der Waals surface area contributed by atoms with Gasteiger partial charge in [0.25, 0.3) is 10.0 Å². The number of para-hydroxylation sites is 2. The minimum Gasteiger partial charge on any atom is -0.497 e. The molecule has 4 rings (SSSR count). The Hall–Kier alpha value is -2.99. The van der Waals surface area contributed by atoms with Crippen LogP contribution in [0.2, 0.25) is 0 Å². The van der Waals surface area contributed by atoms with E-state index in [2.05, 4.69) is 16.1 Å². The Bertz CT molecular complexity index is 1060. The van der Waals surface area contributed by atoms with Crippen LogP contribution in [0.3, 0.4) is 0 Å². The van der Waals surface area contributed by atoms with Crippen LogP contribution >= 0.6 is 0 Å². The van der Waals surface area contributed by atoms with E-state index in [0.29, 0.717) is 11.4 Å². The molecule has 1 aliphatic rings. The van der Waals surface area contributed by atoms with Crippen LogP contribution in [-0.4, -0.2) is 15.5 Å². The number of sulfonamides is 1. The Labute approximate surface area is 152 Å². The van der Waals surface area contributed by atoms with Crippen LogP contribution in [0.15, 0.2) is 71.6 Å². The lowest BCUT2D eigenvalue weighted by molar-refractivity contribution is 0.414. The molecule has 1 heterocycles. The van der Waals surface area contributed by atoms with Crippen LogP contribution in [0.25, 0.3) is 0 Å². The molecule has 132 valence electrons. The van der Waals surface area contributed by atoms with Gasteiger partial charge in [0.15, 0.2) is 0 Å². The molecule has 0 saturated carbocycles. The van der Waals surface area contributed by atoms with Gasteiger partial charge < -0.3 is 10.1 Å². The van der Waals surface area contributed by atoms with Gasteiger partial charge in [-0.05, 0) is 47.5 Å². The van der Waals surface area contributed by atoms with Crippen molar-refractivity contribution in [1.82, 2.24) is 0 Å². The molecule has 0 spiro atoms. The van der Waals surface area contributed by atoms with Gasteiger partial charge >= 0.3 is 0 Å². The first-order chi connectivity index (χ1) is 12.6. The minimum atomic E-state index is -3.69. The fraction of sp³-hybridized carbons (Fsp3) is 0.100. The summed E-state index contributed by atoms with van der Waals surface area (Å²) in [5.41, 5.74) is 4.57. The fourth-order valence-electron chi connectivity index (χ4n) is 3.07. The van der Waals surface area contributed by atoms with Crippen molar-refractivity contribution in [3.8, 4) is 5.75 Å². The van der Waals surface area contributed by atoms with E-state index < -0.39 is 10.0 Å². The van der Waals surface area contributed by atoms with Gasteiger partial charge in [0, 0.05) is 12.1 Å². The second-order valence-electron chi connectivity index (χ2n) is 6.08. The van der Waals surface area contributed by atoms with E-state index in [1.165, 1.54) is 17.7 Å². The third-order valence-corrected chi connectivity index (χ3v) is 5.80. The number of fused-ring (bicyclic) bond motifs is 2. The second kappa shape index (κ2) is 6.38.